The highest BCUT2D eigenvalue weighted by Crippen LogP contribution is 2.37. The van der Waals surface area contributed by atoms with E-state index in [0.29, 0.717) is 29.7 Å². The summed E-state index contributed by atoms with van der Waals surface area (Å²) >= 11 is 0.672. The average Bonchev–Trinajstić information content (AvgIpc) is 3.34. The van der Waals surface area contributed by atoms with Crippen molar-refractivity contribution in [1.29, 1.82) is 0 Å². The van der Waals surface area contributed by atoms with Crippen molar-refractivity contribution in [3.63, 3.8) is 0 Å². The number of hydrogen-bond acceptors (Lipinski definition) is 8. The van der Waals surface area contributed by atoms with Crippen LogP contribution in [0.15, 0.2) is 18.2 Å². The standard InChI is InChI=1S/C30H49F3N4O3SSi/c1-10-39-26(38)18-22(4)23-14-15-25(24(19-23)34-28-35-27(36-41-28)30(31,32)33)37(20-21(2)3)16-12-11-13-17-40-42(8,9)29(5,6)7/h14-15,19,21-22H,10-13,16-18,20H2,1-9H3,(H,34,35,36)/t22-/m1/s1. The Bertz CT molecular complexity index is 1140. The number of carbonyl (C=O) groups excluding carboxylic acids is 1. The molecule has 1 aromatic heterocycles. The molecule has 7 nitrogen and oxygen atoms in total. The third kappa shape index (κ3) is 11.1. The van der Waals surface area contributed by atoms with Gasteiger partial charge in [-0.3, -0.25) is 4.79 Å². The summed E-state index contributed by atoms with van der Waals surface area (Å²) in [6.45, 7) is 21.8. The van der Waals surface area contributed by atoms with E-state index in [9.17, 15) is 18.0 Å². The van der Waals surface area contributed by atoms with Crippen LogP contribution >= 0.6 is 11.5 Å². The van der Waals surface area contributed by atoms with E-state index in [0.717, 1.165) is 50.2 Å². The molecule has 0 aliphatic rings. The molecule has 0 saturated carbocycles. The van der Waals surface area contributed by atoms with Crippen molar-refractivity contribution < 1.29 is 27.1 Å². The first-order chi connectivity index (χ1) is 19.4. The van der Waals surface area contributed by atoms with Gasteiger partial charge < -0.3 is 19.4 Å². The monoisotopic (exact) mass is 630 g/mol. The van der Waals surface area contributed by atoms with Crippen LogP contribution < -0.4 is 10.2 Å². The van der Waals surface area contributed by atoms with Crippen molar-refractivity contribution in [3.8, 4) is 0 Å². The molecule has 42 heavy (non-hydrogen) atoms. The number of ether oxygens (including phenoxy) is 1. The topological polar surface area (TPSA) is 76.6 Å². The Morgan fingerprint density at radius 2 is 1.81 bits per heavy atom. The SMILES string of the molecule is CCOC(=O)C[C@@H](C)c1ccc(N(CCCCCO[Si](C)(C)C(C)(C)C)CC(C)C)c(Nc2nc(C(F)(F)F)ns2)c1. The summed E-state index contributed by atoms with van der Waals surface area (Å²) in [4.78, 5) is 18.1. The molecule has 238 valence electrons. The first-order valence-electron chi connectivity index (χ1n) is 14.8. The third-order valence-electron chi connectivity index (χ3n) is 7.56. The molecular formula is C30H49F3N4O3SSi. The van der Waals surface area contributed by atoms with Crippen molar-refractivity contribution >= 4 is 42.3 Å². The molecule has 0 radical (unpaired) electrons. The van der Waals surface area contributed by atoms with E-state index < -0.39 is 20.3 Å². The van der Waals surface area contributed by atoms with Crippen LogP contribution in [0.2, 0.25) is 18.1 Å². The van der Waals surface area contributed by atoms with Crippen LogP contribution in [0.25, 0.3) is 0 Å². The molecule has 0 aliphatic carbocycles. The van der Waals surface area contributed by atoms with E-state index in [1.165, 1.54) is 0 Å². The number of esters is 1. The number of aromatic nitrogens is 2. The molecule has 1 N–H and O–H groups in total. The Balaban J connectivity index is 2.26. The smallest absolute Gasteiger partial charge is 0.452 e. The number of anilines is 3. The zero-order valence-corrected chi connectivity index (χ0v) is 28.5. The van der Waals surface area contributed by atoms with Gasteiger partial charge in [0.25, 0.3) is 0 Å². The number of alkyl halides is 3. The molecule has 2 rings (SSSR count). The van der Waals surface area contributed by atoms with E-state index in [1.807, 2.05) is 25.1 Å². The number of benzene rings is 1. The number of nitrogens with zero attached hydrogens (tertiary/aromatic N) is 3. The van der Waals surface area contributed by atoms with Gasteiger partial charge in [0.1, 0.15) is 0 Å². The summed E-state index contributed by atoms with van der Waals surface area (Å²) in [5, 5.41) is 3.35. The van der Waals surface area contributed by atoms with Crippen LogP contribution in [0.1, 0.15) is 91.5 Å². The molecule has 1 aromatic carbocycles. The van der Waals surface area contributed by atoms with Gasteiger partial charge in [0.05, 0.1) is 24.4 Å². The van der Waals surface area contributed by atoms with Crippen LogP contribution in [-0.4, -0.2) is 49.9 Å². The molecule has 2 aromatic rings. The zero-order chi connectivity index (χ0) is 31.7. The minimum absolute atomic E-state index is 0.0612. The number of rotatable bonds is 16. The van der Waals surface area contributed by atoms with Crippen LogP contribution in [0.3, 0.4) is 0 Å². The molecule has 0 fully saturated rings. The first kappa shape index (κ1) is 36.0. The fourth-order valence-electron chi connectivity index (χ4n) is 4.20. The predicted octanol–water partition coefficient (Wildman–Crippen LogP) is 9.01. The summed E-state index contributed by atoms with van der Waals surface area (Å²) in [5.74, 6) is -1.23. The van der Waals surface area contributed by atoms with E-state index >= 15 is 0 Å². The van der Waals surface area contributed by atoms with Crippen LogP contribution in [0.5, 0.6) is 0 Å². The summed E-state index contributed by atoms with van der Waals surface area (Å²) < 4.78 is 54.5. The molecular weight excluding hydrogens is 582 g/mol. The van der Waals surface area contributed by atoms with Gasteiger partial charge in [0, 0.05) is 31.2 Å². The Labute approximate surface area is 254 Å². The van der Waals surface area contributed by atoms with E-state index in [-0.39, 0.29) is 28.5 Å². The first-order valence-corrected chi connectivity index (χ1v) is 18.5. The molecule has 0 unspecified atom stereocenters. The maximum Gasteiger partial charge on any atom is 0.452 e. The lowest BCUT2D eigenvalue weighted by atomic mass is 9.96. The largest absolute Gasteiger partial charge is 0.466 e. The van der Waals surface area contributed by atoms with Crippen molar-refractivity contribution in [1.82, 2.24) is 9.36 Å². The second-order valence-electron chi connectivity index (χ2n) is 12.7. The molecule has 1 heterocycles. The van der Waals surface area contributed by atoms with Gasteiger partial charge >= 0.3 is 12.1 Å². The quantitative estimate of drug-likeness (QED) is 0.113. The second-order valence-corrected chi connectivity index (χ2v) is 18.3. The highest BCUT2D eigenvalue weighted by molar-refractivity contribution is 7.09. The molecule has 0 spiro atoms. The van der Waals surface area contributed by atoms with Gasteiger partial charge in [-0.2, -0.15) is 22.5 Å². The number of carbonyl (C=O) groups is 1. The van der Waals surface area contributed by atoms with E-state index in [4.69, 9.17) is 9.16 Å². The van der Waals surface area contributed by atoms with Gasteiger partial charge in [-0.05, 0) is 73.9 Å². The van der Waals surface area contributed by atoms with Gasteiger partial charge in [-0.15, -0.1) is 0 Å². The third-order valence-corrected chi connectivity index (χ3v) is 12.7. The lowest BCUT2D eigenvalue weighted by Gasteiger charge is -2.36. The molecule has 0 bridgehead atoms. The Morgan fingerprint density at radius 1 is 1.12 bits per heavy atom. The summed E-state index contributed by atoms with van der Waals surface area (Å²) in [6, 6.07) is 5.86. The Morgan fingerprint density at radius 3 is 2.38 bits per heavy atom. The van der Waals surface area contributed by atoms with Crippen molar-refractivity contribution in [2.75, 3.05) is 36.5 Å². The summed E-state index contributed by atoms with van der Waals surface area (Å²) in [5.41, 5.74) is 2.38. The summed E-state index contributed by atoms with van der Waals surface area (Å²) in [6.07, 6.45) is -1.48. The molecule has 0 amide bonds. The Hall–Kier alpha value is -2.18. The van der Waals surface area contributed by atoms with Gasteiger partial charge in [0.15, 0.2) is 8.32 Å². The second kappa shape index (κ2) is 15.5. The molecule has 1 atom stereocenters. The van der Waals surface area contributed by atoms with E-state index in [1.54, 1.807) is 6.92 Å². The van der Waals surface area contributed by atoms with Crippen molar-refractivity contribution in [3.05, 3.63) is 29.6 Å². The highest BCUT2D eigenvalue weighted by Gasteiger charge is 2.37. The number of halogens is 3. The number of nitrogens with one attached hydrogen (secondary N) is 1. The fraction of sp³-hybridized carbons (Fsp3) is 0.700. The summed E-state index contributed by atoms with van der Waals surface area (Å²) in [7, 11) is -1.77. The maximum atomic E-state index is 13.2. The minimum atomic E-state index is -4.62. The minimum Gasteiger partial charge on any atom is -0.466 e. The fourth-order valence-corrected chi connectivity index (χ4v) is 5.89. The van der Waals surface area contributed by atoms with Crippen LogP contribution in [0, 0.1) is 5.92 Å². The maximum absolute atomic E-state index is 13.2. The lowest BCUT2D eigenvalue weighted by molar-refractivity contribution is -0.144. The lowest BCUT2D eigenvalue weighted by Crippen LogP contribution is -2.40. The average molecular weight is 631 g/mol. The zero-order valence-electron chi connectivity index (χ0n) is 26.7. The Kier molecular flexibility index (Phi) is 13.3. The van der Waals surface area contributed by atoms with Gasteiger partial charge in [-0.1, -0.05) is 47.6 Å². The predicted molar refractivity (Wildman–Crippen MR) is 168 cm³/mol. The van der Waals surface area contributed by atoms with Gasteiger partial charge in [-0.25, -0.2) is 0 Å². The van der Waals surface area contributed by atoms with Gasteiger partial charge in [0.2, 0.25) is 11.0 Å². The van der Waals surface area contributed by atoms with Crippen LogP contribution in [-0.2, 0) is 20.1 Å². The molecule has 0 saturated heterocycles. The normalized spacial score (nSPS) is 13.4. The number of hydrogen-bond donors (Lipinski definition) is 1. The molecule has 12 heteroatoms. The highest BCUT2D eigenvalue weighted by atomic mass is 32.1. The van der Waals surface area contributed by atoms with E-state index in [2.05, 4.69) is 67.3 Å². The number of unbranched alkanes of at least 4 members (excludes halogenated alkanes) is 2. The van der Waals surface area contributed by atoms with Crippen molar-refractivity contribution in [2.24, 2.45) is 5.92 Å². The molecule has 0 aliphatic heterocycles. The van der Waals surface area contributed by atoms with Crippen molar-refractivity contribution in [2.45, 2.75) is 104 Å². The van der Waals surface area contributed by atoms with Crippen LogP contribution in [0.4, 0.5) is 29.7 Å².